The zero-order chi connectivity index (χ0) is 17.3. The highest BCUT2D eigenvalue weighted by Crippen LogP contribution is 2.31. The molecular weight excluding hydrogens is 435 g/mol. The molecule has 1 aromatic rings. The highest BCUT2D eigenvalue weighted by Gasteiger charge is 2.34. The molecule has 1 aliphatic heterocycles. The minimum Gasteiger partial charge on any atom is -0.481 e. The maximum absolute atomic E-state index is 9.32. The largest absolute Gasteiger partial charge is 0.481 e. The Morgan fingerprint density at radius 3 is 2.96 bits per heavy atom. The third-order valence-corrected chi connectivity index (χ3v) is 4.25. The fourth-order valence-corrected chi connectivity index (χ4v) is 2.82. The molecule has 1 aromatic heterocycles. The first-order chi connectivity index (χ1) is 11.7. The quantitative estimate of drug-likeness (QED) is 0.308. The van der Waals surface area contributed by atoms with Crippen molar-refractivity contribution in [3.8, 4) is 5.88 Å². The molecule has 0 saturated carbocycles. The van der Waals surface area contributed by atoms with Crippen molar-refractivity contribution in [2.75, 3.05) is 40.0 Å². The Balaban J connectivity index is 0.00000312. The van der Waals surface area contributed by atoms with E-state index in [2.05, 4.69) is 20.6 Å². The fourth-order valence-electron chi connectivity index (χ4n) is 2.82. The highest BCUT2D eigenvalue weighted by molar-refractivity contribution is 14.0. The van der Waals surface area contributed by atoms with Crippen LogP contribution in [0.3, 0.4) is 0 Å². The lowest BCUT2D eigenvalue weighted by Gasteiger charge is -2.27. The third kappa shape index (κ3) is 6.59. The van der Waals surface area contributed by atoms with E-state index in [4.69, 9.17) is 9.47 Å². The summed E-state index contributed by atoms with van der Waals surface area (Å²) in [5, 5.41) is 16.0. The number of nitrogens with zero attached hydrogens (tertiary/aromatic N) is 2. The van der Waals surface area contributed by atoms with Gasteiger partial charge in [-0.2, -0.15) is 0 Å². The van der Waals surface area contributed by atoms with Gasteiger partial charge in [0.25, 0.3) is 0 Å². The molecule has 1 saturated heterocycles. The van der Waals surface area contributed by atoms with E-state index < -0.39 is 0 Å². The average Bonchev–Trinajstić information content (AvgIpc) is 3.07. The SMILES string of the molecule is CCNC(=NCc1cccnc1OC)NCC1(CCO)CCOC1.I. The van der Waals surface area contributed by atoms with Crippen molar-refractivity contribution >= 4 is 29.9 Å². The molecule has 0 aromatic carbocycles. The summed E-state index contributed by atoms with van der Waals surface area (Å²) in [5.74, 6) is 1.34. The topological polar surface area (TPSA) is 88.0 Å². The molecule has 1 fully saturated rings. The van der Waals surface area contributed by atoms with E-state index in [0.29, 0.717) is 19.0 Å². The summed E-state index contributed by atoms with van der Waals surface area (Å²) >= 11 is 0. The van der Waals surface area contributed by atoms with E-state index in [9.17, 15) is 5.11 Å². The maximum atomic E-state index is 9.32. The van der Waals surface area contributed by atoms with Gasteiger partial charge in [-0.15, -0.1) is 24.0 Å². The first-order valence-electron chi connectivity index (χ1n) is 8.41. The van der Waals surface area contributed by atoms with Crippen LogP contribution in [0.1, 0.15) is 25.3 Å². The molecule has 2 rings (SSSR count). The summed E-state index contributed by atoms with van der Waals surface area (Å²) in [5.41, 5.74) is 0.920. The van der Waals surface area contributed by atoms with Crippen LogP contribution >= 0.6 is 24.0 Å². The number of aliphatic hydroxyl groups is 1. The van der Waals surface area contributed by atoms with Crippen LogP contribution in [0.15, 0.2) is 23.3 Å². The Labute approximate surface area is 166 Å². The zero-order valence-electron chi connectivity index (χ0n) is 15.0. The van der Waals surface area contributed by atoms with Crippen molar-refractivity contribution in [1.82, 2.24) is 15.6 Å². The van der Waals surface area contributed by atoms with Crippen LogP contribution in [0.2, 0.25) is 0 Å². The molecule has 7 nitrogen and oxygen atoms in total. The number of aromatic nitrogens is 1. The van der Waals surface area contributed by atoms with Crippen molar-refractivity contribution in [1.29, 1.82) is 0 Å². The summed E-state index contributed by atoms with van der Waals surface area (Å²) in [6, 6.07) is 3.83. The van der Waals surface area contributed by atoms with Gasteiger partial charge in [-0.25, -0.2) is 9.98 Å². The summed E-state index contributed by atoms with van der Waals surface area (Å²) in [6.07, 6.45) is 3.39. The van der Waals surface area contributed by atoms with Crippen molar-refractivity contribution in [2.24, 2.45) is 10.4 Å². The molecule has 0 spiro atoms. The summed E-state index contributed by atoms with van der Waals surface area (Å²) < 4.78 is 10.8. The standard InChI is InChI=1S/C17H28N4O3.HI/c1-3-18-16(20-11-14-5-4-8-19-15(14)23-2)21-12-17(6-9-22)7-10-24-13-17;/h4-5,8,22H,3,6-7,9-13H2,1-2H3,(H2,18,20,21);1H. The lowest BCUT2D eigenvalue weighted by atomic mass is 9.84. The highest BCUT2D eigenvalue weighted by atomic mass is 127. The van der Waals surface area contributed by atoms with E-state index in [1.807, 2.05) is 19.1 Å². The first kappa shape index (κ1) is 21.9. The first-order valence-corrected chi connectivity index (χ1v) is 8.41. The molecule has 0 radical (unpaired) electrons. The smallest absolute Gasteiger partial charge is 0.218 e. The second kappa shape index (κ2) is 11.5. The van der Waals surface area contributed by atoms with Crippen LogP contribution in [-0.2, 0) is 11.3 Å². The molecule has 0 amide bonds. The molecule has 142 valence electrons. The van der Waals surface area contributed by atoms with Crippen LogP contribution in [0.25, 0.3) is 0 Å². The number of hydrogen-bond donors (Lipinski definition) is 3. The van der Waals surface area contributed by atoms with Gasteiger partial charge in [0.1, 0.15) is 0 Å². The fraction of sp³-hybridized carbons (Fsp3) is 0.647. The molecule has 0 aliphatic carbocycles. The van der Waals surface area contributed by atoms with E-state index >= 15 is 0 Å². The molecule has 0 bridgehead atoms. The Morgan fingerprint density at radius 1 is 1.48 bits per heavy atom. The minimum absolute atomic E-state index is 0. The molecule has 8 heteroatoms. The van der Waals surface area contributed by atoms with E-state index in [1.165, 1.54) is 0 Å². The second-order valence-electron chi connectivity index (χ2n) is 6.00. The van der Waals surface area contributed by atoms with Crippen LogP contribution < -0.4 is 15.4 Å². The number of nitrogens with one attached hydrogen (secondary N) is 2. The molecular formula is C17H29IN4O3. The lowest BCUT2D eigenvalue weighted by Crippen LogP contribution is -2.44. The number of guanidine groups is 1. The number of methoxy groups -OCH3 is 1. The lowest BCUT2D eigenvalue weighted by molar-refractivity contribution is 0.127. The molecule has 1 atom stereocenters. The van der Waals surface area contributed by atoms with Gasteiger partial charge in [-0.1, -0.05) is 6.07 Å². The Bertz CT molecular complexity index is 536. The van der Waals surface area contributed by atoms with Gasteiger partial charge in [0.15, 0.2) is 5.96 Å². The van der Waals surface area contributed by atoms with Gasteiger partial charge in [-0.3, -0.25) is 0 Å². The molecule has 1 unspecified atom stereocenters. The van der Waals surface area contributed by atoms with Crippen LogP contribution in [0.5, 0.6) is 5.88 Å². The molecule has 3 N–H and O–H groups in total. The Morgan fingerprint density at radius 2 is 2.32 bits per heavy atom. The summed E-state index contributed by atoms with van der Waals surface area (Å²) in [4.78, 5) is 8.80. The summed E-state index contributed by atoms with van der Waals surface area (Å²) in [7, 11) is 1.61. The van der Waals surface area contributed by atoms with Gasteiger partial charge in [0.2, 0.25) is 5.88 Å². The minimum atomic E-state index is -0.0169. The predicted octanol–water partition coefficient (Wildman–Crippen LogP) is 1.55. The summed E-state index contributed by atoms with van der Waals surface area (Å²) in [6.45, 7) is 5.62. The predicted molar refractivity (Wildman–Crippen MR) is 109 cm³/mol. The van der Waals surface area contributed by atoms with Gasteiger partial charge in [-0.05, 0) is 25.8 Å². The van der Waals surface area contributed by atoms with Crippen LogP contribution in [-0.4, -0.2) is 56.1 Å². The monoisotopic (exact) mass is 464 g/mol. The Kier molecular flexibility index (Phi) is 10.1. The number of halogens is 1. The number of hydrogen-bond acceptors (Lipinski definition) is 5. The number of aliphatic imine (C=N–C) groups is 1. The van der Waals surface area contributed by atoms with Gasteiger partial charge < -0.3 is 25.2 Å². The average molecular weight is 464 g/mol. The molecule has 25 heavy (non-hydrogen) atoms. The van der Waals surface area contributed by atoms with Gasteiger partial charge >= 0.3 is 0 Å². The Hall–Kier alpha value is -1.13. The zero-order valence-corrected chi connectivity index (χ0v) is 17.3. The van der Waals surface area contributed by atoms with E-state index in [1.54, 1.807) is 13.3 Å². The molecule has 1 aliphatic rings. The van der Waals surface area contributed by atoms with Crippen molar-refractivity contribution in [3.63, 3.8) is 0 Å². The normalized spacial score (nSPS) is 20.0. The van der Waals surface area contributed by atoms with Gasteiger partial charge in [0.05, 0.1) is 20.3 Å². The van der Waals surface area contributed by atoms with Gasteiger partial charge in [0, 0.05) is 43.5 Å². The number of ether oxygens (including phenoxy) is 2. The number of rotatable bonds is 8. The second-order valence-corrected chi connectivity index (χ2v) is 6.00. The van der Waals surface area contributed by atoms with Crippen LogP contribution in [0.4, 0.5) is 0 Å². The van der Waals surface area contributed by atoms with E-state index in [0.717, 1.165) is 44.1 Å². The third-order valence-electron chi connectivity index (χ3n) is 4.25. The van der Waals surface area contributed by atoms with E-state index in [-0.39, 0.29) is 36.0 Å². The van der Waals surface area contributed by atoms with Crippen molar-refractivity contribution in [2.45, 2.75) is 26.3 Å². The van der Waals surface area contributed by atoms with Crippen molar-refractivity contribution < 1.29 is 14.6 Å². The van der Waals surface area contributed by atoms with Crippen molar-refractivity contribution in [3.05, 3.63) is 23.9 Å². The van der Waals surface area contributed by atoms with Crippen LogP contribution in [0, 0.1) is 5.41 Å². The number of aliphatic hydroxyl groups excluding tert-OH is 1. The molecule has 2 heterocycles. The number of pyridine rings is 1. The maximum Gasteiger partial charge on any atom is 0.218 e.